The molecule has 0 aromatic heterocycles. The van der Waals surface area contributed by atoms with E-state index in [2.05, 4.69) is 5.32 Å². The zero-order chi connectivity index (χ0) is 13.3. The molecule has 2 N–H and O–H groups in total. The molecule has 1 saturated carbocycles. The topological polar surface area (TPSA) is 86.7 Å². The summed E-state index contributed by atoms with van der Waals surface area (Å²) in [6.45, 7) is 2.10. The van der Waals surface area contributed by atoms with Crippen LogP contribution < -0.4 is 5.32 Å². The fraction of sp³-hybridized carbons (Fsp3) is 0.750. The third-order valence-corrected chi connectivity index (χ3v) is 4.14. The third-order valence-electron chi connectivity index (χ3n) is 4.14. The number of carbonyl (C=O) groups excluding carboxylic acids is 2. The van der Waals surface area contributed by atoms with Gasteiger partial charge in [0.2, 0.25) is 11.8 Å². The number of amides is 2. The van der Waals surface area contributed by atoms with E-state index in [0.717, 1.165) is 12.8 Å². The summed E-state index contributed by atoms with van der Waals surface area (Å²) in [5.74, 6) is -1.17. The monoisotopic (exact) mass is 254 g/mol. The summed E-state index contributed by atoms with van der Waals surface area (Å²) in [6, 6.07) is 0. The van der Waals surface area contributed by atoms with Crippen molar-refractivity contribution in [1.82, 2.24) is 10.2 Å². The van der Waals surface area contributed by atoms with E-state index in [1.165, 1.54) is 6.92 Å². The molecule has 0 aromatic carbocycles. The number of hydrogen-bond donors (Lipinski definition) is 2. The van der Waals surface area contributed by atoms with Gasteiger partial charge in [-0.05, 0) is 18.8 Å². The minimum atomic E-state index is -0.792. The van der Waals surface area contributed by atoms with Crippen molar-refractivity contribution in [3.8, 4) is 0 Å². The second-order valence-corrected chi connectivity index (χ2v) is 5.23. The highest BCUT2D eigenvalue weighted by molar-refractivity contribution is 5.85. The van der Waals surface area contributed by atoms with E-state index in [9.17, 15) is 19.5 Å². The summed E-state index contributed by atoms with van der Waals surface area (Å²) in [5.41, 5.74) is -0.744. The third kappa shape index (κ3) is 2.07. The van der Waals surface area contributed by atoms with Crippen LogP contribution in [0.4, 0.5) is 0 Å². The number of nitrogens with one attached hydrogen (secondary N) is 1. The molecule has 0 aromatic rings. The summed E-state index contributed by atoms with van der Waals surface area (Å²) in [5, 5.41) is 11.8. The zero-order valence-electron chi connectivity index (χ0n) is 10.4. The van der Waals surface area contributed by atoms with Gasteiger partial charge in [-0.1, -0.05) is 6.42 Å². The first kappa shape index (κ1) is 12.9. The van der Waals surface area contributed by atoms with E-state index >= 15 is 0 Å². The van der Waals surface area contributed by atoms with Gasteiger partial charge in [-0.25, -0.2) is 0 Å². The first-order chi connectivity index (χ1) is 8.45. The number of carboxylic acid groups (broad SMARTS) is 1. The standard InChI is InChI=1S/C12H18N2O4/c1-8(15)13-5-10(16)14-6-9-3-2-4-12(9,7-14)11(17)18/h9H,2-7H2,1H3,(H,13,15)(H,17,18)/t9-,12+/m0/s1. The van der Waals surface area contributed by atoms with Gasteiger partial charge in [-0.2, -0.15) is 0 Å². The normalized spacial score (nSPS) is 30.1. The van der Waals surface area contributed by atoms with Gasteiger partial charge in [-0.3, -0.25) is 14.4 Å². The van der Waals surface area contributed by atoms with Crippen molar-refractivity contribution in [3.05, 3.63) is 0 Å². The number of carboxylic acids is 1. The molecule has 100 valence electrons. The molecular formula is C12H18N2O4. The van der Waals surface area contributed by atoms with Gasteiger partial charge in [0.15, 0.2) is 0 Å². The smallest absolute Gasteiger partial charge is 0.311 e. The van der Waals surface area contributed by atoms with Gasteiger partial charge in [-0.15, -0.1) is 0 Å². The van der Waals surface area contributed by atoms with Gasteiger partial charge < -0.3 is 15.3 Å². The van der Waals surface area contributed by atoms with E-state index in [1.54, 1.807) is 4.90 Å². The highest BCUT2D eigenvalue weighted by atomic mass is 16.4. The number of carbonyl (C=O) groups is 3. The lowest BCUT2D eigenvalue weighted by Gasteiger charge is -2.23. The molecule has 2 aliphatic rings. The molecule has 1 aliphatic heterocycles. The van der Waals surface area contributed by atoms with Gasteiger partial charge >= 0.3 is 5.97 Å². The van der Waals surface area contributed by atoms with Crippen LogP contribution in [0, 0.1) is 11.3 Å². The van der Waals surface area contributed by atoms with Crippen molar-refractivity contribution < 1.29 is 19.5 Å². The zero-order valence-corrected chi connectivity index (χ0v) is 10.4. The molecule has 2 rings (SSSR count). The van der Waals surface area contributed by atoms with Crippen LogP contribution in [0.3, 0.4) is 0 Å². The lowest BCUT2D eigenvalue weighted by molar-refractivity contribution is -0.149. The molecule has 0 radical (unpaired) electrons. The van der Waals surface area contributed by atoms with Crippen LogP contribution >= 0.6 is 0 Å². The number of aliphatic carboxylic acids is 1. The minimum absolute atomic E-state index is 0.0439. The Balaban J connectivity index is 2.01. The van der Waals surface area contributed by atoms with Crippen LogP contribution in [0.5, 0.6) is 0 Å². The molecule has 6 heteroatoms. The summed E-state index contributed by atoms with van der Waals surface area (Å²) in [7, 11) is 0. The Hall–Kier alpha value is -1.59. The Bertz CT molecular complexity index is 396. The molecule has 18 heavy (non-hydrogen) atoms. The number of likely N-dealkylation sites (tertiary alicyclic amines) is 1. The van der Waals surface area contributed by atoms with Crippen LogP contribution in [-0.4, -0.2) is 47.4 Å². The number of nitrogens with zero attached hydrogens (tertiary/aromatic N) is 1. The van der Waals surface area contributed by atoms with Crippen LogP contribution in [-0.2, 0) is 14.4 Å². The molecule has 0 spiro atoms. The molecule has 0 bridgehead atoms. The van der Waals surface area contributed by atoms with Gasteiger partial charge in [0.05, 0.1) is 12.0 Å². The Morgan fingerprint density at radius 2 is 2.17 bits per heavy atom. The summed E-state index contributed by atoms with van der Waals surface area (Å²) >= 11 is 0. The second kappa shape index (κ2) is 4.59. The fourth-order valence-corrected chi connectivity index (χ4v) is 3.14. The van der Waals surface area contributed by atoms with E-state index in [4.69, 9.17) is 0 Å². The maximum Gasteiger partial charge on any atom is 0.311 e. The van der Waals surface area contributed by atoms with Crippen molar-refractivity contribution in [2.75, 3.05) is 19.6 Å². The second-order valence-electron chi connectivity index (χ2n) is 5.23. The molecule has 1 heterocycles. The summed E-state index contributed by atoms with van der Waals surface area (Å²) < 4.78 is 0. The fourth-order valence-electron chi connectivity index (χ4n) is 3.14. The number of rotatable bonds is 3. The predicted molar refractivity (Wildman–Crippen MR) is 62.7 cm³/mol. The van der Waals surface area contributed by atoms with E-state index in [-0.39, 0.29) is 30.8 Å². The average Bonchev–Trinajstić information content (AvgIpc) is 2.82. The van der Waals surface area contributed by atoms with Crippen LogP contribution in [0.15, 0.2) is 0 Å². The summed E-state index contributed by atoms with van der Waals surface area (Å²) in [6.07, 6.45) is 2.44. The van der Waals surface area contributed by atoms with Crippen LogP contribution in [0.2, 0.25) is 0 Å². The van der Waals surface area contributed by atoms with Crippen LogP contribution in [0.1, 0.15) is 26.2 Å². The highest BCUT2D eigenvalue weighted by Crippen LogP contribution is 2.48. The molecule has 6 nitrogen and oxygen atoms in total. The highest BCUT2D eigenvalue weighted by Gasteiger charge is 2.55. The first-order valence-corrected chi connectivity index (χ1v) is 6.21. The molecule has 2 atom stereocenters. The predicted octanol–water partition coefficient (Wildman–Crippen LogP) is -0.164. The molecule has 1 aliphatic carbocycles. The average molecular weight is 254 g/mol. The van der Waals surface area contributed by atoms with Crippen molar-refractivity contribution >= 4 is 17.8 Å². The summed E-state index contributed by atoms with van der Waals surface area (Å²) in [4.78, 5) is 35.6. The van der Waals surface area contributed by atoms with Crippen molar-refractivity contribution in [1.29, 1.82) is 0 Å². The number of hydrogen-bond acceptors (Lipinski definition) is 3. The van der Waals surface area contributed by atoms with Crippen molar-refractivity contribution in [2.24, 2.45) is 11.3 Å². The van der Waals surface area contributed by atoms with Crippen molar-refractivity contribution in [2.45, 2.75) is 26.2 Å². The minimum Gasteiger partial charge on any atom is -0.481 e. The van der Waals surface area contributed by atoms with Gasteiger partial charge in [0.25, 0.3) is 0 Å². The molecule has 2 amide bonds. The lowest BCUT2D eigenvalue weighted by atomic mass is 9.81. The SMILES string of the molecule is CC(=O)NCC(=O)N1C[C@@H]2CCC[C@@]2(C(=O)O)C1. The largest absolute Gasteiger partial charge is 0.481 e. The Morgan fingerprint density at radius 3 is 2.72 bits per heavy atom. The van der Waals surface area contributed by atoms with Crippen LogP contribution in [0.25, 0.3) is 0 Å². The Labute approximate surface area is 105 Å². The number of fused-ring (bicyclic) bond motifs is 1. The maximum atomic E-state index is 11.9. The Kier molecular flexibility index (Phi) is 3.28. The Morgan fingerprint density at radius 1 is 1.44 bits per heavy atom. The van der Waals surface area contributed by atoms with E-state index in [0.29, 0.717) is 13.0 Å². The van der Waals surface area contributed by atoms with Crippen molar-refractivity contribution in [3.63, 3.8) is 0 Å². The maximum absolute atomic E-state index is 11.9. The molecule has 0 unspecified atom stereocenters. The first-order valence-electron chi connectivity index (χ1n) is 6.21. The van der Waals surface area contributed by atoms with Gasteiger partial charge in [0.1, 0.15) is 0 Å². The molecule has 1 saturated heterocycles. The van der Waals surface area contributed by atoms with E-state index in [1.807, 2.05) is 0 Å². The molecular weight excluding hydrogens is 236 g/mol. The van der Waals surface area contributed by atoms with Gasteiger partial charge in [0, 0.05) is 20.0 Å². The van der Waals surface area contributed by atoms with E-state index < -0.39 is 11.4 Å². The quantitative estimate of drug-likeness (QED) is 0.732. The molecule has 2 fully saturated rings. The lowest BCUT2D eigenvalue weighted by Crippen LogP contribution is -2.41.